The standard InChI is InChI=1S/C15H17N5O/c1-11-15(21)20(13-6-3-2-5-12(13)17-11)9-4-8-19-10-7-14(16)18-19/h2-3,5-7,10H,4,8-9H2,1H3,(H2,16,18). The Hall–Kier alpha value is -2.63. The van der Waals surface area contributed by atoms with Crippen molar-refractivity contribution >= 4 is 16.9 Å². The molecular formula is C15H17N5O. The van der Waals surface area contributed by atoms with Crippen molar-refractivity contribution in [2.24, 2.45) is 0 Å². The molecule has 2 aromatic heterocycles. The first-order valence-corrected chi connectivity index (χ1v) is 6.90. The normalized spacial score (nSPS) is 11.1. The summed E-state index contributed by atoms with van der Waals surface area (Å²) < 4.78 is 3.57. The second-order valence-electron chi connectivity index (χ2n) is 5.00. The highest BCUT2D eigenvalue weighted by Gasteiger charge is 2.07. The third-order valence-corrected chi connectivity index (χ3v) is 3.45. The van der Waals surface area contributed by atoms with Crippen LogP contribution in [0.3, 0.4) is 0 Å². The molecule has 6 nitrogen and oxygen atoms in total. The fourth-order valence-electron chi connectivity index (χ4n) is 2.43. The number of nitrogens with two attached hydrogens (primary N) is 1. The van der Waals surface area contributed by atoms with Gasteiger partial charge in [0.05, 0.1) is 11.0 Å². The van der Waals surface area contributed by atoms with Gasteiger partial charge in [0.2, 0.25) is 0 Å². The van der Waals surface area contributed by atoms with E-state index in [0.29, 0.717) is 18.1 Å². The zero-order valence-corrected chi connectivity index (χ0v) is 11.9. The summed E-state index contributed by atoms with van der Waals surface area (Å²) in [5, 5.41) is 4.14. The highest BCUT2D eigenvalue weighted by molar-refractivity contribution is 5.74. The number of rotatable bonds is 4. The van der Waals surface area contributed by atoms with Gasteiger partial charge in [0, 0.05) is 19.3 Å². The highest BCUT2D eigenvalue weighted by atomic mass is 16.1. The third-order valence-electron chi connectivity index (χ3n) is 3.45. The molecule has 6 heteroatoms. The summed E-state index contributed by atoms with van der Waals surface area (Å²) in [4.78, 5) is 16.6. The fraction of sp³-hybridized carbons (Fsp3) is 0.267. The van der Waals surface area contributed by atoms with E-state index in [4.69, 9.17) is 5.73 Å². The number of nitrogens with zero attached hydrogens (tertiary/aromatic N) is 4. The first-order chi connectivity index (χ1) is 10.1. The molecule has 2 heterocycles. The number of benzene rings is 1. The predicted octanol–water partition coefficient (Wildman–Crippen LogP) is 1.57. The second-order valence-corrected chi connectivity index (χ2v) is 5.00. The van der Waals surface area contributed by atoms with Gasteiger partial charge in [0.1, 0.15) is 11.5 Å². The van der Waals surface area contributed by atoms with Crippen molar-refractivity contribution < 1.29 is 0 Å². The van der Waals surface area contributed by atoms with E-state index < -0.39 is 0 Å². The van der Waals surface area contributed by atoms with Crippen molar-refractivity contribution in [3.05, 3.63) is 52.6 Å². The number of anilines is 1. The van der Waals surface area contributed by atoms with Gasteiger partial charge in [-0.05, 0) is 31.5 Å². The largest absolute Gasteiger partial charge is 0.382 e. The number of hydrogen-bond acceptors (Lipinski definition) is 4. The first-order valence-electron chi connectivity index (χ1n) is 6.90. The average molecular weight is 283 g/mol. The maximum atomic E-state index is 12.3. The zero-order valence-electron chi connectivity index (χ0n) is 11.9. The minimum atomic E-state index is -0.0336. The van der Waals surface area contributed by atoms with Crippen LogP contribution in [0.15, 0.2) is 41.3 Å². The van der Waals surface area contributed by atoms with Gasteiger partial charge in [-0.1, -0.05) is 12.1 Å². The second kappa shape index (κ2) is 5.40. The van der Waals surface area contributed by atoms with Gasteiger partial charge in [0.25, 0.3) is 5.56 Å². The quantitative estimate of drug-likeness (QED) is 0.788. The van der Waals surface area contributed by atoms with E-state index in [0.717, 1.165) is 24.0 Å². The van der Waals surface area contributed by atoms with Gasteiger partial charge >= 0.3 is 0 Å². The molecule has 108 valence electrons. The molecule has 1 aromatic carbocycles. The average Bonchev–Trinajstić information content (AvgIpc) is 2.88. The molecule has 0 spiro atoms. The van der Waals surface area contributed by atoms with Gasteiger partial charge in [-0.3, -0.25) is 9.48 Å². The molecule has 0 atom stereocenters. The summed E-state index contributed by atoms with van der Waals surface area (Å²) in [6, 6.07) is 9.46. The molecule has 0 saturated heterocycles. The Bertz CT molecular complexity index is 833. The Morgan fingerprint density at radius 2 is 2.00 bits per heavy atom. The summed E-state index contributed by atoms with van der Waals surface area (Å²) in [5.74, 6) is 0.511. The number of hydrogen-bond donors (Lipinski definition) is 1. The van der Waals surface area contributed by atoms with E-state index >= 15 is 0 Å². The molecule has 3 aromatic rings. The van der Waals surface area contributed by atoms with Crippen LogP contribution in [0, 0.1) is 6.92 Å². The Morgan fingerprint density at radius 1 is 1.19 bits per heavy atom. The summed E-state index contributed by atoms with van der Waals surface area (Å²) in [5.41, 5.74) is 7.79. The van der Waals surface area contributed by atoms with E-state index in [1.807, 2.05) is 30.5 Å². The summed E-state index contributed by atoms with van der Waals surface area (Å²) in [6.07, 6.45) is 2.64. The molecule has 2 N–H and O–H groups in total. The van der Waals surface area contributed by atoms with E-state index in [2.05, 4.69) is 10.1 Å². The van der Waals surface area contributed by atoms with Crippen LogP contribution in [-0.2, 0) is 13.1 Å². The Balaban J connectivity index is 1.86. The minimum Gasteiger partial charge on any atom is -0.382 e. The Labute approximate surface area is 121 Å². The van der Waals surface area contributed by atoms with E-state index in [9.17, 15) is 4.79 Å². The van der Waals surface area contributed by atoms with Gasteiger partial charge in [0.15, 0.2) is 0 Å². The monoisotopic (exact) mass is 283 g/mol. The molecule has 0 aliphatic carbocycles. The van der Waals surface area contributed by atoms with Crippen LogP contribution in [0.2, 0.25) is 0 Å². The van der Waals surface area contributed by atoms with Crippen LogP contribution in [0.1, 0.15) is 12.1 Å². The molecule has 0 saturated carbocycles. The molecular weight excluding hydrogens is 266 g/mol. The lowest BCUT2D eigenvalue weighted by atomic mass is 10.2. The van der Waals surface area contributed by atoms with Gasteiger partial charge < -0.3 is 10.3 Å². The Morgan fingerprint density at radius 3 is 2.76 bits per heavy atom. The van der Waals surface area contributed by atoms with Crippen molar-refractivity contribution in [3.63, 3.8) is 0 Å². The highest BCUT2D eigenvalue weighted by Crippen LogP contribution is 2.10. The lowest BCUT2D eigenvalue weighted by Gasteiger charge is -2.11. The van der Waals surface area contributed by atoms with Crippen molar-refractivity contribution in [3.8, 4) is 0 Å². The number of nitrogen functional groups attached to an aromatic ring is 1. The molecule has 0 aliphatic rings. The van der Waals surface area contributed by atoms with Crippen molar-refractivity contribution in [2.75, 3.05) is 5.73 Å². The number of aromatic nitrogens is 4. The number of fused-ring (bicyclic) bond motifs is 1. The van der Waals surface area contributed by atoms with Crippen LogP contribution in [0.25, 0.3) is 11.0 Å². The Kier molecular flexibility index (Phi) is 3.43. The minimum absolute atomic E-state index is 0.0336. The van der Waals surface area contributed by atoms with Crippen LogP contribution < -0.4 is 11.3 Å². The fourth-order valence-corrected chi connectivity index (χ4v) is 2.43. The molecule has 21 heavy (non-hydrogen) atoms. The van der Waals surface area contributed by atoms with Crippen LogP contribution >= 0.6 is 0 Å². The maximum Gasteiger partial charge on any atom is 0.272 e. The van der Waals surface area contributed by atoms with Crippen LogP contribution in [-0.4, -0.2) is 19.3 Å². The van der Waals surface area contributed by atoms with Gasteiger partial charge in [-0.15, -0.1) is 0 Å². The summed E-state index contributed by atoms with van der Waals surface area (Å²) in [6.45, 7) is 3.10. The maximum absolute atomic E-state index is 12.3. The molecule has 0 bridgehead atoms. The third kappa shape index (κ3) is 2.65. The molecule has 0 aliphatic heterocycles. The van der Waals surface area contributed by atoms with Crippen LogP contribution in [0.5, 0.6) is 0 Å². The lowest BCUT2D eigenvalue weighted by Crippen LogP contribution is -2.24. The van der Waals surface area contributed by atoms with Crippen molar-refractivity contribution in [2.45, 2.75) is 26.4 Å². The molecule has 0 unspecified atom stereocenters. The summed E-state index contributed by atoms with van der Waals surface area (Å²) in [7, 11) is 0. The zero-order chi connectivity index (χ0) is 14.8. The van der Waals surface area contributed by atoms with E-state index in [-0.39, 0.29) is 5.56 Å². The van der Waals surface area contributed by atoms with E-state index in [1.54, 1.807) is 22.2 Å². The molecule has 0 amide bonds. The molecule has 3 rings (SSSR count). The first kappa shape index (κ1) is 13.4. The molecule has 0 radical (unpaired) electrons. The van der Waals surface area contributed by atoms with Gasteiger partial charge in [-0.2, -0.15) is 5.10 Å². The topological polar surface area (TPSA) is 78.7 Å². The number of aryl methyl sites for hydroxylation is 3. The molecule has 0 fully saturated rings. The van der Waals surface area contributed by atoms with Gasteiger partial charge in [-0.25, -0.2) is 4.98 Å². The van der Waals surface area contributed by atoms with E-state index in [1.165, 1.54) is 0 Å². The lowest BCUT2D eigenvalue weighted by molar-refractivity contribution is 0.526. The summed E-state index contributed by atoms with van der Waals surface area (Å²) >= 11 is 0. The van der Waals surface area contributed by atoms with Crippen molar-refractivity contribution in [1.82, 2.24) is 19.3 Å². The predicted molar refractivity (Wildman–Crippen MR) is 82.0 cm³/mol. The van der Waals surface area contributed by atoms with Crippen LogP contribution in [0.4, 0.5) is 5.82 Å². The SMILES string of the molecule is Cc1nc2ccccc2n(CCCn2ccc(N)n2)c1=O. The number of para-hydroxylation sites is 2. The van der Waals surface area contributed by atoms with Crippen molar-refractivity contribution in [1.29, 1.82) is 0 Å². The smallest absolute Gasteiger partial charge is 0.272 e.